The van der Waals surface area contributed by atoms with Crippen LogP contribution in [0.1, 0.15) is 153 Å². The van der Waals surface area contributed by atoms with E-state index in [4.69, 9.17) is 18.9 Å². The summed E-state index contributed by atoms with van der Waals surface area (Å²) in [6.07, 6.45) is 22.9. The number of carbonyl (C=O) groups excluding carboxylic acids is 2. The minimum Gasteiger partial charge on any atom is -0.434 e. The van der Waals surface area contributed by atoms with Gasteiger partial charge in [-0.3, -0.25) is 0 Å². The van der Waals surface area contributed by atoms with Gasteiger partial charge in [0.15, 0.2) is 11.5 Å². The van der Waals surface area contributed by atoms with Gasteiger partial charge in [0.2, 0.25) is 0 Å². The monoisotopic (exact) mass is 839 g/mol. The van der Waals surface area contributed by atoms with Crippen molar-refractivity contribution in [2.75, 3.05) is 13.2 Å². The Kier molecular flexibility index (Phi) is 18.3. The number of fused-ring (bicyclic) bond motifs is 4. The van der Waals surface area contributed by atoms with E-state index in [0.717, 1.165) is 104 Å². The molecule has 0 aromatic heterocycles. The maximum Gasteiger partial charge on any atom is 0.513 e. The van der Waals surface area contributed by atoms with Gasteiger partial charge in [-0.15, -0.1) is 0 Å². The van der Waals surface area contributed by atoms with E-state index in [1.165, 1.54) is 89.9 Å². The van der Waals surface area contributed by atoms with Crippen LogP contribution in [0.2, 0.25) is 0 Å². The molecular weight excluding hydrogens is 769 g/mol. The van der Waals surface area contributed by atoms with E-state index in [1.54, 1.807) is 0 Å². The zero-order valence-corrected chi connectivity index (χ0v) is 38.1. The Hall–Kier alpha value is -5.10. The van der Waals surface area contributed by atoms with Crippen LogP contribution < -0.4 is 9.47 Å². The van der Waals surface area contributed by atoms with Crippen molar-refractivity contribution in [1.82, 2.24) is 0 Å². The summed E-state index contributed by atoms with van der Waals surface area (Å²) in [6, 6.07) is 28.7. The highest BCUT2D eigenvalue weighted by Gasteiger charge is 2.25. The zero-order valence-electron chi connectivity index (χ0n) is 38.1. The Morgan fingerprint density at radius 3 is 1.03 bits per heavy atom. The average molecular weight is 839 g/mol. The molecule has 0 aliphatic rings. The van der Waals surface area contributed by atoms with Crippen LogP contribution in [0.3, 0.4) is 0 Å². The number of hydrogen-bond acceptors (Lipinski definition) is 6. The van der Waals surface area contributed by atoms with Crippen molar-refractivity contribution in [3.8, 4) is 22.6 Å². The van der Waals surface area contributed by atoms with Crippen LogP contribution >= 0.6 is 0 Å². The van der Waals surface area contributed by atoms with E-state index in [0.29, 0.717) is 24.7 Å². The second-order valence-electron chi connectivity index (χ2n) is 17.3. The van der Waals surface area contributed by atoms with Gasteiger partial charge < -0.3 is 18.9 Å². The smallest absolute Gasteiger partial charge is 0.434 e. The lowest BCUT2D eigenvalue weighted by Crippen LogP contribution is -2.13. The number of aryl methyl sites for hydroxylation is 2. The maximum atomic E-state index is 13.4. The zero-order chi connectivity index (χ0) is 43.5. The Morgan fingerprint density at radius 2 is 0.677 bits per heavy atom. The molecule has 0 aliphatic carbocycles. The first-order valence-corrected chi connectivity index (χ1v) is 24.0. The first-order valence-electron chi connectivity index (χ1n) is 24.0. The van der Waals surface area contributed by atoms with E-state index < -0.39 is 12.3 Å². The van der Waals surface area contributed by atoms with Gasteiger partial charge in [-0.2, -0.15) is 0 Å². The van der Waals surface area contributed by atoms with Gasteiger partial charge in [-0.05, 0) is 70.5 Å². The van der Waals surface area contributed by atoms with E-state index in [-0.39, 0.29) is 0 Å². The van der Waals surface area contributed by atoms with E-state index in [1.807, 2.05) is 36.4 Å². The van der Waals surface area contributed by atoms with Gasteiger partial charge in [0.1, 0.15) is 0 Å². The van der Waals surface area contributed by atoms with E-state index in [2.05, 4.69) is 76.2 Å². The van der Waals surface area contributed by atoms with Gasteiger partial charge in [0, 0.05) is 21.5 Å². The molecule has 0 N–H and O–H groups in total. The summed E-state index contributed by atoms with van der Waals surface area (Å²) in [7, 11) is 0. The number of benzene rings is 6. The molecule has 0 fully saturated rings. The molecule has 6 rings (SSSR count). The average Bonchev–Trinajstić information content (AvgIpc) is 3.28. The summed E-state index contributed by atoms with van der Waals surface area (Å²) in [6.45, 7) is 9.29. The molecule has 0 spiro atoms. The molecule has 62 heavy (non-hydrogen) atoms. The van der Waals surface area contributed by atoms with Crippen LogP contribution in [-0.4, -0.2) is 25.5 Å². The standard InChI is InChI=1S/C56H70O6/c1-5-7-9-11-13-15-17-19-21-27-39-59-55(57)61-53-45-35-25-23-33-43(45)51(47-37-29-31-41(3)49(47)53)52-44-34-24-26-36-46(44)54(50-42(4)32-30-38-48(50)52)62-56(58)60-40-28-22-20-18-16-14-12-10-8-6-2/h23-26,29-38H,5-22,27-28,39-40H2,1-4H3. The van der Waals surface area contributed by atoms with Crippen molar-refractivity contribution >= 4 is 55.4 Å². The molecule has 0 saturated carbocycles. The topological polar surface area (TPSA) is 71.1 Å². The molecule has 330 valence electrons. The number of ether oxygens (including phenoxy) is 4. The number of carbonyl (C=O) groups is 2. The van der Waals surface area contributed by atoms with Crippen molar-refractivity contribution in [3.05, 3.63) is 96.1 Å². The third-order valence-corrected chi connectivity index (χ3v) is 12.5. The maximum absolute atomic E-state index is 13.4. The van der Waals surface area contributed by atoms with Gasteiger partial charge >= 0.3 is 12.3 Å². The highest BCUT2D eigenvalue weighted by molar-refractivity contribution is 6.27. The van der Waals surface area contributed by atoms with Crippen molar-refractivity contribution in [2.24, 2.45) is 0 Å². The Balaban J connectivity index is 1.24. The quantitative estimate of drug-likeness (QED) is 0.0247. The Labute approximate surface area is 370 Å². The van der Waals surface area contributed by atoms with Crippen LogP contribution in [0.4, 0.5) is 9.59 Å². The van der Waals surface area contributed by atoms with Gasteiger partial charge in [0.05, 0.1) is 13.2 Å². The van der Waals surface area contributed by atoms with Gasteiger partial charge in [-0.25, -0.2) is 9.59 Å². The first-order chi connectivity index (χ1) is 30.4. The third-order valence-electron chi connectivity index (χ3n) is 12.5. The Morgan fingerprint density at radius 1 is 0.371 bits per heavy atom. The summed E-state index contributed by atoms with van der Waals surface area (Å²) in [5.74, 6) is 1.00. The molecule has 0 radical (unpaired) electrons. The molecule has 6 nitrogen and oxygen atoms in total. The summed E-state index contributed by atoms with van der Waals surface area (Å²) in [5.41, 5.74) is 4.02. The van der Waals surface area contributed by atoms with Crippen LogP contribution in [0, 0.1) is 13.8 Å². The summed E-state index contributed by atoms with van der Waals surface area (Å²) in [5, 5.41) is 7.16. The van der Waals surface area contributed by atoms with Crippen molar-refractivity contribution in [2.45, 2.75) is 156 Å². The SMILES string of the molecule is CCCCCCCCCCCCOC(=O)Oc1c2ccccc2c(-c2c3ccccc3c(OC(=O)OCCCCCCCCCCCC)c3c(C)cccc23)c2cccc(C)c12. The molecule has 6 heteroatoms. The molecule has 0 amide bonds. The van der Waals surface area contributed by atoms with E-state index >= 15 is 0 Å². The Bertz CT molecular complexity index is 2210. The predicted octanol–water partition coefficient (Wildman–Crippen LogP) is 17.5. The lowest BCUT2D eigenvalue weighted by Gasteiger charge is -2.22. The molecule has 6 aromatic carbocycles. The number of unbranched alkanes of at least 4 members (excludes halogenated alkanes) is 18. The molecule has 0 heterocycles. The number of hydrogen-bond donors (Lipinski definition) is 0. The lowest BCUT2D eigenvalue weighted by atomic mass is 9.84. The van der Waals surface area contributed by atoms with Crippen LogP contribution in [0.25, 0.3) is 54.2 Å². The second kappa shape index (κ2) is 24.5. The normalized spacial score (nSPS) is 11.5. The van der Waals surface area contributed by atoms with Gasteiger partial charge in [0.25, 0.3) is 0 Å². The van der Waals surface area contributed by atoms with Crippen molar-refractivity contribution in [3.63, 3.8) is 0 Å². The predicted molar refractivity (Wildman–Crippen MR) is 259 cm³/mol. The highest BCUT2D eigenvalue weighted by atomic mass is 16.7. The van der Waals surface area contributed by atoms with Crippen molar-refractivity contribution in [1.29, 1.82) is 0 Å². The largest absolute Gasteiger partial charge is 0.513 e. The third kappa shape index (κ3) is 12.1. The van der Waals surface area contributed by atoms with Crippen molar-refractivity contribution < 1.29 is 28.5 Å². The molecule has 0 unspecified atom stereocenters. The highest BCUT2D eigenvalue weighted by Crippen LogP contribution is 2.51. The summed E-state index contributed by atoms with van der Waals surface area (Å²) < 4.78 is 23.8. The summed E-state index contributed by atoms with van der Waals surface area (Å²) >= 11 is 0. The first kappa shape index (κ1) is 46.4. The molecular formula is C56H70O6. The lowest BCUT2D eigenvalue weighted by molar-refractivity contribution is 0.0972. The minimum absolute atomic E-state index is 0.334. The fraction of sp³-hybridized carbons (Fsp3) is 0.464. The molecule has 0 bridgehead atoms. The second-order valence-corrected chi connectivity index (χ2v) is 17.3. The van der Waals surface area contributed by atoms with Crippen LogP contribution in [0.5, 0.6) is 11.5 Å². The molecule has 0 aliphatic heterocycles. The molecule has 6 aromatic rings. The summed E-state index contributed by atoms with van der Waals surface area (Å²) in [4.78, 5) is 26.8. The number of rotatable bonds is 25. The fourth-order valence-corrected chi connectivity index (χ4v) is 9.18. The minimum atomic E-state index is -0.684. The molecule has 0 atom stereocenters. The van der Waals surface area contributed by atoms with Gasteiger partial charge in [-0.1, -0.05) is 214 Å². The van der Waals surface area contributed by atoms with E-state index in [9.17, 15) is 9.59 Å². The van der Waals surface area contributed by atoms with Crippen LogP contribution in [0.15, 0.2) is 84.9 Å². The van der Waals surface area contributed by atoms with Crippen LogP contribution in [-0.2, 0) is 9.47 Å². The molecule has 0 saturated heterocycles. The fourth-order valence-electron chi connectivity index (χ4n) is 9.18.